The largest absolute Gasteiger partial charge is 0.340 e. The minimum atomic E-state index is -0.158. The molecule has 3 heterocycles. The number of aryl methyl sites for hydroxylation is 1. The maximum atomic E-state index is 12.6. The van der Waals surface area contributed by atoms with Crippen LogP contribution < -0.4 is 0 Å². The first-order valence-corrected chi connectivity index (χ1v) is 7.69. The summed E-state index contributed by atoms with van der Waals surface area (Å²) in [6.07, 6.45) is 1.72. The quantitative estimate of drug-likeness (QED) is 0.841. The monoisotopic (exact) mass is 331 g/mol. The Kier molecular flexibility index (Phi) is 3.70. The first-order valence-electron chi connectivity index (χ1n) is 6.12. The number of hydrogen-bond donors (Lipinski definition) is 0. The first-order chi connectivity index (χ1) is 9.56. The van der Waals surface area contributed by atoms with Crippen LogP contribution in [0.25, 0.3) is 0 Å². The summed E-state index contributed by atoms with van der Waals surface area (Å²) >= 11 is 13.1. The van der Waals surface area contributed by atoms with E-state index in [2.05, 4.69) is 10.1 Å². The van der Waals surface area contributed by atoms with Crippen LogP contribution in [0, 0.1) is 6.92 Å². The van der Waals surface area contributed by atoms with E-state index in [0.29, 0.717) is 32.5 Å². The van der Waals surface area contributed by atoms with Gasteiger partial charge in [-0.2, -0.15) is 4.98 Å². The van der Waals surface area contributed by atoms with Crippen LogP contribution in [-0.2, 0) is 0 Å². The molecule has 0 unspecified atom stereocenters. The van der Waals surface area contributed by atoms with Crippen LogP contribution in [0.15, 0.2) is 10.6 Å². The highest BCUT2D eigenvalue weighted by atomic mass is 35.5. The van der Waals surface area contributed by atoms with E-state index >= 15 is 0 Å². The number of carbonyl (C=O) groups excluding carboxylic acids is 1. The van der Waals surface area contributed by atoms with Crippen molar-refractivity contribution in [3.05, 3.63) is 32.0 Å². The SMILES string of the molecule is Cc1nc([C@H]2CCCN2C(=O)c2cc(Cl)sc2Cl)no1. The third kappa shape index (κ3) is 2.43. The lowest BCUT2D eigenvalue weighted by atomic mass is 10.2. The Bertz CT molecular complexity index is 655. The molecule has 0 spiro atoms. The fourth-order valence-corrected chi connectivity index (χ4v) is 3.82. The number of nitrogens with zero attached hydrogens (tertiary/aromatic N) is 3. The predicted molar refractivity (Wildman–Crippen MR) is 76.4 cm³/mol. The molecule has 1 saturated heterocycles. The molecule has 20 heavy (non-hydrogen) atoms. The van der Waals surface area contributed by atoms with E-state index in [4.69, 9.17) is 27.7 Å². The molecule has 106 valence electrons. The maximum Gasteiger partial charge on any atom is 0.256 e. The Hall–Kier alpha value is -1.11. The minimum Gasteiger partial charge on any atom is -0.340 e. The number of rotatable bonds is 2. The van der Waals surface area contributed by atoms with Gasteiger partial charge in [-0.15, -0.1) is 11.3 Å². The zero-order valence-corrected chi connectivity index (χ0v) is 12.9. The third-order valence-electron chi connectivity index (χ3n) is 3.24. The Balaban J connectivity index is 1.89. The van der Waals surface area contributed by atoms with Gasteiger partial charge in [0.2, 0.25) is 5.89 Å². The molecule has 1 aliphatic heterocycles. The lowest BCUT2D eigenvalue weighted by Gasteiger charge is -2.21. The Labute approximate surface area is 129 Å². The highest BCUT2D eigenvalue weighted by Crippen LogP contribution is 2.36. The Morgan fingerprint density at radius 3 is 2.95 bits per heavy atom. The van der Waals surface area contributed by atoms with Crippen LogP contribution in [-0.4, -0.2) is 27.5 Å². The van der Waals surface area contributed by atoms with Crippen LogP contribution >= 0.6 is 34.5 Å². The van der Waals surface area contributed by atoms with E-state index < -0.39 is 0 Å². The molecule has 1 atom stereocenters. The second kappa shape index (κ2) is 5.35. The van der Waals surface area contributed by atoms with Crippen molar-refractivity contribution in [2.45, 2.75) is 25.8 Å². The summed E-state index contributed by atoms with van der Waals surface area (Å²) in [5, 5.41) is 3.92. The van der Waals surface area contributed by atoms with Gasteiger partial charge in [-0.1, -0.05) is 28.4 Å². The lowest BCUT2D eigenvalue weighted by molar-refractivity contribution is 0.0729. The molecule has 0 radical (unpaired) electrons. The van der Waals surface area contributed by atoms with Gasteiger partial charge in [0.25, 0.3) is 5.91 Å². The number of thiophene rings is 1. The van der Waals surface area contributed by atoms with E-state index in [1.54, 1.807) is 17.9 Å². The van der Waals surface area contributed by atoms with E-state index in [1.807, 2.05) is 0 Å². The number of likely N-dealkylation sites (tertiary alicyclic amines) is 1. The van der Waals surface area contributed by atoms with Crippen molar-refractivity contribution >= 4 is 40.4 Å². The molecule has 3 rings (SSSR count). The molecule has 0 bridgehead atoms. The van der Waals surface area contributed by atoms with Gasteiger partial charge in [-0.3, -0.25) is 4.79 Å². The van der Waals surface area contributed by atoms with E-state index in [9.17, 15) is 4.79 Å². The van der Waals surface area contributed by atoms with Crippen molar-refractivity contribution < 1.29 is 9.32 Å². The summed E-state index contributed by atoms with van der Waals surface area (Å²) in [5.74, 6) is 0.907. The number of halogens is 2. The fourth-order valence-electron chi connectivity index (χ4n) is 2.37. The fraction of sp³-hybridized carbons (Fsp3) is 0.417. The lowest BCUT2D eigenvalue weighted by Crippen LogP contribution is -2.31. The topological polar surface area (TPSA) is 59.2 Å². The number of amides is 1. The molecule has 2 aromatic heterocycles. The third-order valence-corrected chi connectivity index (χ3v) is 4.73. The average molecular weight is 332 g/mol. The molecule has 0 aliphatic carbocycles. The summed E-state index contributed by atoms with van der Waals surface area (Å²) in [6.45, 7) is 2.38. The number of carbonyl (C=O) groups is 1. The van der Waals surface area contributed by atoms with Crippen molar-refractivity contribution in [2.75, 3.05) is 6.54 Å². The van der Waals surface area contributed by atoms with E-state index in [1.165, 1.54) is 11.3 Å². The molecular weight excluding hydrogens is 321 g/mol. The van der Waals surface area contributed by atoms with Gasteiger partial charge in [-0.05, 0) is 18.9 Å². The van der Waals surface area contributed by atoms with Gasteiger partial charge in [0, 0.05) is 13.5 Å². The molecule has 8 heteroatoms. The van der Waals surface area contributed by atoms with Crippen molar-refractivity contribution in [1.82, 2.24) is 15.0 Å². The van der Waals surface area contributed by atoms with Crippen LogP contribution in [0.3, 0.4) is 0 Å². The highest BCUT2D eigenvalue weighted by molar-refractivity contribution is 7.20. The molecular formula is C12H11Cl2N3O2S. The van der Waals surface area contributed by atoms with Gasteiger partial charge < -0.3 is 9.42 Å². The highest BCUT2D eigenvalue weighted by Gasteiger charge is 2.34. The van der Waals surface area contributed by atoms with Crippen molar-refractivity contribution in [3.63, 3.8) is 0 Å². The predicted octanol–water partition coefficient (Wildman–Crippen LogP) is 3.72. The standard InChI is InChI=1S/C12H11Cl2N3O2S/c1-6-15-11(16-19-6)8-3-2-4-17(8)12(18)7-5-9(13)20-10(7)14/h5,8H,2-4H2,1H3/t8-/m1/s1. The molecule has 1 fully saturated rings. The van der Waals surface area contributed by atoms with Gasteiger partial charge in [0.15, 0.2) is 5.82 Å². The van der Waals surface area contributed by atoms with Crippen LogP contribution in [0.2, 0.25) is 8.67 Å². The molecule has 0 saturated carbocycles. The molecule has 2 aromatic rings. The van der Waals surface area contributed by atoms with Crippen molar-refractivity contribution in [2.24, 2.45) is 0 Å². The Morgan fingerprint density at radius 2 is 2.35 bits per heavy atom. The number of aromatic nitrogens is 2. The zero-order valence-electron chi connectivity index (χ0n) is 10.6. The van der Waals surface area contributed by atoms with E-state index in [-0.39, 0.29) is 11.9 Å². The van der Waals surface area contributed by atoms with Gasteiger partial charge in [0.05, 0.1) is 15.9 Å². The molecule has 0 aromatic carbocycles. The van der Waals surface area contributed by atoms with Gasteiger partial charge in [-0.25, -0.2) is 0 Å². The van der Waals surface area contributed by atoms with E-state index in [0.717, 1.165) is 12.8 Å². The molecule has 0 N–H and O–H groups in total. The zero-order chi connectivity index (χ0) is 14.3. The second-order valence-electron chi connectivity index (χ2n) is 4.57. The van der Waals surface area contributed by atoms with Crippen molar-refractivity contribution in [3.8, 4) is 0 Å². The van der Waals surface area contributed by atoms with Crippen LogP contribution in [0.5, 0.6) is 0 Å². The maximum absolute atomic E-state index is 12.6. The smallest absolute Gasteiger partial charge is 0.256 e. The molecule has 1 amide bonds. The summed E-state index contributed by atoms with van der Waals surface area (Å²) in [7, 11) is 0. The normalized spacial score (nSPS) is 18.8. The number of hydrogen-bond acceptors (Lipinski definition) is 5. The minimum absolute atomic E-state index is 0.136. The Morgan fingerprint density at radius 1 is 1.55 bits per heavy atom. The van der Waals surface area contributed by atoms with Crippen LogP contribution in [0.4, 0.5) is 0 Å². The van der Waals surface area contributed by atoms with Crippen molar-refractivity contribution in [1.29, 1.82) is 0 Å². The molecule has 5 nitrogen and oxygen atoms in total. The average Bonchev–Trinajstić information content (AvgIpc) is 3.08. The summed E-state index contributed by atoms with van der Waals surface area (Å²) in [6, 6.07) is 1.45. The van der Waals surface area contributed by atoms with Gasteiger partial charge >= 0.3 is 0 Å². The summed E-state index contributed by atoms with van der Waals surface area (Å²) < 4.78 is 5.91. The van der Waals surface area contributed by atoms with Crippen LogP contribution in [0.1, 0.15) is 41.0 Å². The van der Waals surface area contributed by atoms with Gasteiger partial charge in [0.1, 0.15) is 4.34 Å². The summed E-state index contributed by atoms with van der Waals surface area (Å²) in [5.41, 5.74) is 0.439. The molecule has 1 aliphatic rings. The summed E-state index contributed by atoms with van der Waals surface area (Å²) in [4.78, 5) is 18.5. The second-order valence-corrected chi connectivity index (χ2v) is 6.85. The first kappa shape index (κ1) is 13.9.